The van der Waals surface area contributed by atoms with Crippen molar-refractivity contribution < 1.29 is 18.9 Å². The molecule has 180 valence electrons. The third-order valence-corrected chi connectivity index (χ3v) is 7.46. The molecule has 4 aromatic rings. The highest BCUT2D eigenvalue weighted by atomic mass is 16.6. The van der Waals surface area contributed by atoms with Crippen molar-refractivity contribution in [2.75, 3.05) is 26.4 Å². The molecule has 36 heavy (non-hydrogen) atoms. The molecule has 2 saturated heterocycles. The predicted octanol–water partition coefficient (Wildman–Crippen LogP) is 5.53. The van der Waals surface area contributed by atoms with Crippen LogP contribution in [0.15, 0.2) is 97.1 Å². The molecule has 1 aliphatic carbocycles. The van der Waals surface area contributed by atoms with Crippen LogP contribution >= 0.6 is 0 Å². The third-order valence-electron chi connectivity index (χ3n) is 7.46. The van der Waals surface area contributed by atoms with Gasteiger partial charge in [0.2, 0.25) is 0 Å². The fourth-order valence-corrected chi connectivity index (χ4v) is 5.65. The van der Waals surface area contributed by atoms with E-state index in [1.807, 2.05) is 12.1 Å². The summed E-state index contributed by atoms with van der Waals surface area (Å²) in [6.07, 6.45) is 1.24. The van der Waals surface area contributed by atoms with Crippen LogP contribution in [0.3, 0.4) is 0 Å². The van der Waals surface area contributed by atoms with Gasteiger partial charge >= 0.3 is 0 Å². The molecule has 0 bridgehead atoms. The molecule has 2 heterocycles. The molecule has 0 saturated carbocycles. The summed E-state index contributed by atoms with van der Waals surface area (Å²) in [5.74, 6) is 1.75. The van der Waals surface area contributed by atoms with Crippen LogP contribution in [0.4, 0.5) is 0 Å². The number of fused-ring (bicyclic) bond motifs is 2. The Bertz CT molecular complexity index is 1300. The third kappa shape index (κ3) is 3.69. The van der Waals surface area contributed by atoms with Gasteiger partial charge in [0.15, 0.2) is 0 Å². The van der Waals surface area contributed by atoms with Crippen molar-refractivity contribution in [3.63, 3.8) is 0 Å². The molecule has 0 N–H and O–H groups in total. The summed E-state index contributed by atoms with van der Waals surface area (Å²) in [5.41, 5.74) is 6.79. The van der Waals surface area contributed by atoms with Crippen LogP contribution in [0.25, 0.3) is 0 Å². The maximum Gasteiger partial charge on any atom is 0.124 e. The van der Waals surface area contributed by atoms with Gasteiger partial charge in [-0.25, -0.2) is 0 Å². The normalized spacial score (nSPS) is 20.7. The zero-order chi connectivity index (χ0) is 24.0. The largest absolute Gasteiger partial charge is 0.490 e. The molecule has 4 nitrogen and oxygen atoms in total. The van der Waals surface area contributed by atoms with E-state index < -0.39 is 5.41 Å². The van der Waals surface area contributed by atoms with E-state index in [2.05, 4.69) is 84.9 Å². The van der Waals surface area contributed by atoms with Gasteiger partial charge in [-0.15, -0.1) is 0 Å². The summed E-state index contributed by atoms with van der Waals surface area (Å²) in [6.45, 7) is 2.62. The SMILES string of the molecule is c1ccc2c(c1)Cc1ccccc1C2(c1ccccc1OCC1CO1)c1ccccc1OCC1CO1. The first-order valence-corrected chi connectivity index (χ1v) is 12.7. The second-order valence-corrected chi connectivity index (χ2v) is 9.77. The number of para-hydroxylation sites is 2. The lowest BCUT2D eigenvalue weighted by molar-refractivity contribution is 0.256. The molecule has 4 heteroatoms. The molecule has 7 rings (SSSR count). The number of benzene rings is 4. The molecule has 2 atom stereocenters. The Morgan fingerprint density at radius 1 is 0.556 bits per heavy atom. The van der Waals surface area contributed by atoms with Crippen LogP contribution in [0, 0.1) is 0 Å². The zero-order valence-electron chi connectivity index (χ0n) is 20.1. The van der Waals surface area contributed by atoms with E-state index in [9.17, 15) is 0 Å². The van der Waals surface area contributed by atoms with Gasteiger partial charge in [-0.3, -0.25) is 0 Å². The summed E-state index contributed by atoms with van der Waals surface area (Å²) in [6, 6.07) is 34.5. The van der Waals surface area contributed by atoms with E-state index in [1.54, 1.807) is 0 Å². The summed E-state index contributed by atoms with van der Waals surface area (Å²) >= 11 is 0. The van der Waals surface area contributed by atoms with Gasteiger partial charge < -0.3 is 18.9 Å². The molecule has 2 aliphatic heterocycles. The molecule has 0 amide bonds. The number of hydrogen-bond acceptors (Lipinski definition) is 4. The van der Waals surface area contributed by atoms with Crippen LogP contribution in [0.2, 0.25) is 0 Å². The van der Waals surface area contributed by atoms with Crippen LogP contribution in [0.5, 0.6) is 11.5 Å². The summed E-state index contributed by atoms with van der Waals surface area (Å²) in [7, 11) is 0. The van der Waals surface area contributed by atoms with E-state index in [1.165, 1.54) is 22.3 Å². The lowest BCUT2D eigenvalue weighted by Crippen LogP contribution is -2.37. The average Bonchev–Trinajstić information content (AvgIpc) is 3.86. The molecule has 3 aliphatic rings. The molecule has 4 aromatic carbocycles. The Hall–Kier alpha value is -3.60. The molecule has 2 fully saturated rings. The second kappa shape index (κ2) is 8.81. The average molecular weight is 477 g/mol. The van der Waals surface area contributed by atoms with Crippen molar-refractivity contribution in [3.8, 4) is 11.5 Å². The van der Waals surface area contributed by atoms with Crippen LogP contribution in [-0.2, 0) is 21.3 Å². The Morgan fingerprint density at radius 3 is 1.39 bits per heavy atom. The molecule has 0 radical (unpaired) electrons. The molecular formula is C32H28O4. The van der Waals surface area contributed by atoms with Gasteiger partial charge in [-0.05, 0) is 40.8 Å². The second-order valence-electron chi connectivity index (χ2n) is 9.77. The molecule has 2 unspecified atom stereocenters. The Balaban J connectivity index is 1.52. The van der Waals surface area contributed by atoms with Crippen molar-refractivity contribution in [1.82, 2.24) is 0 Å². The first kappa shape index (κ1) is 21.7. The monoisotopic (exact) mass is 476 g/mol. The van der Waals surface area contributed by atoms with Crippen molar-refractivity contribution in [3.05, 3.63) is 130 Å². The molecule has 0 aromatic heterocycles. The number of hydrogen-bond donors (Lipinski definition) is 0. The van der Waals surface area contributed by atoms with Gasteiger partial charge in [-0.2, -0.15) is 0 Å². The quantitative estimate of drug-likeness (QED) is 0.276. The van der Waals surface area contributed by atoms with Crippen molar-refractivity contribution in [1.29, 1.82) is 0 Å². The van der Waals surface area contributed by atoms with Crippen LogP contribution in [-0.4, -0.2) is 38.6 Å². The van der Waals surface area contributed by atoms with Gasteiger partial charge in [0.05, 0.1) is 18.6 Å². The minimum Gasteiger partial charge on any atom is -0.490 e. The summed E-state index contributed by atoms with van der Waals surface area (Å²) < 4.78 is 23.8. The maximum absolute atomic E-state index is 6.45. The molecular weight excluding hydrogens is 448 g/mol. The standard InChI is InChI=1S/C32H28O4/c1-3-11-26-22(9-1)17-23-10-2-4-12-27(23)32(26,28-13-5-7-15-30(28)35-20-24-18-33-24)29-14-6-8-16-31(29)36-21-25-19-34-25/h1-16,24-25H,17-21H2. The zero-order valence-corrected chi connectivity index (χ0v) is 20.1. The summed E-state index contributed by atoms with van der Waals surface area (Å²) in [5, 5.41) is 0. The van der Waals surface area contributed by atoms with Gasteiger partial charge in [0.1, 0.15) is 36.9 Å². The fourth-order valence-electron chi connectivity index (χ4n) is 5.65. The van der Waals surface area contributed by atoms with E-state index in [4.69, 9.17) is 18.9 Å². The van der Waals surface area contributed by atoms with Crippen molar-refractivity contribution in [2.45, 2.75) is 24.0 Å². The van der Waals surface area contributed by atoms with E-state index in [-0.39, 0.29) is 12.2 Å². The van der Waals surface area contributed by atoms with E-state index in [0.29, 0.717) is 13.2 Å². The fraction of sp³-hybridized carbons (Fsp3) is 0.250. The lowest BCUT2D eigenvalue weighted by atomic mass is 9.59. The highest BCUT2D eigenvalue weighted by Gasteiger charge is 2.47. The highest BCUT2D eigenvalue weighted by Crippen LogP contribution is 2.55. The van der Waals surface area contributed by atoms with Gasteiger partial charge in [0.25, 0.3) is 0 Å². The minimum absolute atomic E-state index is 0.175. The van der Waals surface area contributed by atoms with E-state index in [0.717, 1.165) is 42.3 Å². The van der Waals surface area contributed by atoms with Gasteiger partial charge in [-0.1, -0.05) is 84.9 Å². The van der Waals surface area contributed by atoms with E-state index >= 15 is 0 Å². The van der Waals surface area contributed by atoms with Crippen LogP contribution in [0.1, 0.15) is 33.4 Å². The summed E-state index contributed by atoms with van der Waals surface area (Å²) in [4.78, 5) is 0. The predicted molar refractivity (Wildman–Crippen MR) is 138 cm³/mol. The van der Waals surface area contributed by atoms with Gasteiger partial charge in [0, 0.05) is 11.1 Å². The molecule has 0 spiro atoms. The number of ether oxygens (including phenoxy) is 4. The maximum atomic E-state index is 6.45. The highest BCUT2D eigenvalue weighted by molar-refractivity contribution is 5.70. The van der Waals surface area contributed by atoms with Crippen LogP contribution < -0.4 is 9.47 Å². The topological polar surface area (TPSA) is 43.5 Å². The lowest BCUT2D eigenvalue weighted by Gasteiger charge is -2.43. The smallest absolute Gasteiger partial charge is 0.124 e. The number of rotatable bonds is 8. The van der Waals surface area contributed by atoms with Crippen molar-refractivity contribution >= 4 is 0 Å². The first-order valence-electron chi connectivity index (χ1n) is 12.7. The Labute approximate surface area is 211 Å². The van der Waals surface area contributed by atoms with Crippen molar-refractivity contribution in [2.24, 2.45) is 0 Å². The Kier molecular flexibility index (Phi) is 5.30. The minimum atomic E-state index is -0.604. The number of epoxide rings is 2. The Morgan fingerprint density at radius 2 is 0.944 bits per heavy atom. The first-order chi connectivity index (χ1) is 17.8.